The molecule has 4 aromatic rings. The molecule has 0 bridgehead atoms. The van der Waals surface area contributed by atoms with Crippen LogP contribution in [0.5, 0.6) is 11.5 Å². The zero-order valence-electron chi connectivity index (χ0n) is 18.2. The van der Waals surface area contributed by atoms with E-state index >= 15 is 0 Å². The van der Waals surface area contributed by atoms with Gasteiger partial charge in [0, 0.05) is 5.56 Å². The number of hydrogen-bond acceptors (Lipinski definition) is 2. The van der Waals surface area contributed by atoms with Gasteiger partial charge in [-0.3, -0.25) is 0 Å². The average molecular weight is 426 g/mol. The molecule has 0 N–H and O–H groups in total. The number of aryl methyl sites for hydroxylation is 3. The number of para-hydroxylation sites is 1. The van der Waals surface area contributed by atoms with Crippen molar-refractivity contribution in [2.24, 2.45) is 0 Å². The molecular weight excluding hydrogens is 399 g/mol. The third-order valence-corrected chi connectivity index (χ3v) is 6.68. The van der Waals surface area contributed by atoms with Gasteiger partial charge in [-0.15, -0.1) is 0 Å². The van der Waals surface area contributed by atoms with E-state index in [0.717, 1.165) is 34.4 Å². The highest BCUT2D eigenvalue weighted by Crippen LogP contribution is 2.44. The zero-order valence-corrected chi connectivity index (χ0v) is 19.1. The van der Waals surface area contributed by atoms with E-state index in [1.165, 1.54) is 16.7 Å². The van der Waals surface area contributed by atoms with Gasteiger partial charge in [-0.25, -0.2) is 0 Å². The van der Waals surface area contributed by atoms with Gasteiger partial charge in [0.15, 0.2) is 0 Å². The average Bonchev–Trinajstić information content (AvgIpc) is 2.81. The van der Waals surface area contributed by atoms with Crippen molar-refractivity contribution in [1.29, 1.82) is 0 Å². The Balaban J connectivity index is 1.73. The molecule has 1 atom stereocenters. The van der Waals surface area contributed by atoms with Crippen LogP contribution in [0.1, 0.15) is 23.6 Å². The molecule has 4 rings (SSSR count). The first-order chi connectivity index (χ1) is 15.2. The van der Waals surface area contributed by atoms with Crippen LogP contribution in [0.15, 0.2) is 97.1 Å². The van der Waals surface area contributed by atoms with Crippen molar-refractivity contribution in [1.82, 2.24) is 0 Å². The maximum Gasteiger partial charge on any atom is 0.326 e. The monoisotopic (exact) mass is 426 g/mol. The quantitative estimate of drug-likeness (QED) is 0.283. The Morgan fingerprint density at radius 1 is 0.645 bits per heavy atom. The molecule has 0 spiro atoms. The third-order valence-electron chi connectivity index (χ3n) is 5.24. The molecule has 156 valence electrons. The fourth-order valence-electron chi connectivity index (χ4n) is 3.61. The topological polar surface area (TPSA) is 18.5 Å². The van der Waals surface area contributed by atoms with Crippen molar-refractivity contribution in [3.63, 3.8) is 0 Å². The Hall–Kier alpha value is -3.09. The molecule has 0 heterocycles. The summed E-state index contributed by atoms with van der Waals surface area (Å²) in [4.78, 5) is 0. The lowest BCUT2D eigenvalue weighted by atomic mass is 9.97. The fraction of sp³-hybridized carbons (Fsp3) is 0.143. The Kier molecular flexibility index (Phi) is 6.70. The molecule has 0 fully saturated rings. The first-order valence-electron chi connectivity index (χ1n) is 10.6. The number of benzene rings is 4. The van der Waals surface area contributed by atoms with Crippen LogP contribution < -0.4 is 14.4 Å². The second-order valence-electron chi connectivity index (χ2n) is 7.55. The van der Waals surface area contributed by atoms with E-state index in [2.05, 4.69) is 81.4 Å². The van der Waals surface area contributed by atoms with Gasteiger partial charge in [0.2, 0.25) is 0 Å². The van der Waals surface area contributed by atoms with Crippen LogP contribution in [-0.2, 0) is 6.42 Å². The molecule has 0 radical (unpaired) electrons. The normalized spacial score (nSPS) is 11.7. The van der Waals surface area contributed by atoms with Gasteiger partial charge in [-0.1, -0.05) is 85.3 Å². The highest BCUT2D eigenvalue weighted by molar-refractivity contribution is 7.56. The third kappa shape index (κ3) is 4.98. The smallest absolute Gasteiger partial charge is 0.326 e. The largest absolute Gasteiger partial charge is 0.435 e. The second-order valence-corrected chi connectivity index (χ2v) is 8.95. The van der Waals surface area contributed by atoms with Crippen LogP contribution in [0.2, 0.25) is 0 Å². The molecule has 31 heavy (non-hydrogen) atoms. The first kappa shape index (κ1) is 21.2. The lowest BCUT2D eigenvalue weighted by Gasteiger charge is -2.22. The molecule has 0 saturated heterocycles. The van der Waals surface area contributed by atoms with Crippen LogP contribution in [0.3, 0.4) is 0 Å². The maximum atomic E-state index is 6.62. The van der Waals surface area contributed by atoms with E-state index in [9.17, 15) is 0 Å². The molecule has 0 aliphatic carbocycles. The predicted molar refractivity (Wildman–Crippen MR) is 131 cm³/mol. The summed E-state index contributed by atoms with van der Waals surface area (Å²) in [6, 6.07) is 33.2. The van der Waals surface area contributed by atoms with Gasteiger partial charge in [0.25, 0.3) is 0 Å². The molecule has 4 aromatic carbocycles. The van der Waals surface area contributed by atoms with Gasteiger partial charge in [0.1, 0.15) is 11.5 Å². The molecular formula is C28H27O2P. The lowest BCUT2D eigenvalue weighted by Crippen LogP contribution is -2.10. The minimum Gasteiger partial charge on any atom is -0.435 e. The van der Waals surface area contributed by atoms with Crippen LogP contribution in [0, 0.1) is 13.8 Å². The predicted octanol–water partition coefficient (Wildman–Crippen LogP) is 7.63. The van der Waals surface area contributed by atoms with E-state index in [0.29, 0.717) is 0 Å². The van der Waals surface area contributed by atoms with Crippen molar-refractivity contribution in [2.75, 3.05) is 0 Å². The van der Waals surface area contributed by atoms with E-state index in [1.807, 2.05) is 36.4 Å². The Morgan fingerprint density at radius 3 is 2.03 bits per heavy atom. The molecule has 0 saturated carbocycles. The minimum absolute atomic E-state index is 0.836. The van der Waals surface area contributed by atoms with Gasteiger partial charge < -0.3 is 9.05 Å². The summed E-state index contributed by atoms with van der Waals surface area (Å²) in [7, 11) is -1.35. The van der Waals surface area contributed by atoms with E-state index in [1.54, 1.807) is 0 Å². The highest BCUT2D eigenvalue weighted by atomic mass is 31.2. The number of rotatable bonds is 7. The SMILES string of the molecule is CCc1ccccc1-c1ccccc1OP(Oc1ccc(C)cc1C)c1ccccc1. The Morgan fingerprint density at radius 2 is 1.29 bits per heavy atom. The van der Waals surface area contributed by atoms with Crippen molar-refractivity contribution in [3.05, 3.63) is 114 Å². The summed E-state index contributed by atoms with van der Waals surface area (Å²) in [5.74, 6) is 1.69. The molecule has 3 heteroatoms. The minimum atomic E-state index is -1.35. The van der Waals surface area contributed by atoms with Crippen molar-refractivity contribution in [3.8, 4) is 22.6 Å². The van der Waals surface area contributed by atoms with Crippen LogP contribution in [0.4, 0.5) is 0 Å². The summed E-state index contributed by atoms with van der Waals surface area (Å²) in [5, 5.41) is 1.04. The zero-order chi connectivity index (χ0) is 21.6. The second kappa shape index (κ2) is 9.81. The van der Waals surface area contributed by atoms with E-state index < -0.39 is 8.38 Å². The summed E-state index contributed by atoms with van der Waals surface area (Å²) >= 11 is 0. The summed E-state index contributed by atoms with van der Waals surface area (Å²) < 4.78 is 13.1. The lowest BCUT2D eigenvalue weighted by molar-refractivity contribution is 0.500. The molecule has 0 aromatic heterocycles. The standard InChI is InChI=1S/C28H27O2P/c1-4-23-12-8-9-15-25(23)26-16-10-11-17-28(26)30-31(24-13-6-5-7-14-24)29-27-19-18-21(2)20-22(27)3/h5-20H,4H2,1-3H3. The van der Waals surface area contributed by atoms with Crippen LogP contribution >= 0.6 is 8.38 Å². The van der Waals surface area contributed by atoms with Gasteiger partial charge >= 0.3 is 8.38 Å². The van der Waals surface area contributed by atoms with Gasteiger partial charge in [-0.05, 0) is 61.2 Å². The Labute approximate surface area is 186 Å². The molecule has 1 unspecified atom stereocenters. The molecule has 2 nitrogen and oxygen atoms in total. The Bertz CT molecular complexity index is 1150. The highest BCUT2D eigenvalue weighted by Gasteiger charge is 2.21. The van der Waals surface area contributed by atoms with Gasteiger partial charge in [0.05, 0.1) is 5.30 Å². The van der Waals surface area contributed by atoms with Crippen molar-refractivity contribution < 1.29 is 9.05 Å². The van der Waals surface area contributed by atoms with E-state index in [4.69, 9.17) is 9.05 Å². The molecule has 0 aliphatic heterocycles. The van der Waals surface area contributed by atoms with Gasteiger partial charge in [-0.2, -0.15) is 0 Å². The van der Waals surface area contributed by atoms with Crippen LogP contribution in [-0.4, -0.2) is 0 Å². The van der Waals surface area contributed by atoms with Crippen LogP contribution in [0.25, 0.3) is 11.1 Å². The number of hydrogen-bond donors (Lipinski definition) is 0. The first-order valence-corrected chi connectivity index (χ1v) is 11.8. The molecule has 0 amide bonds. The maximum absolute atomic E-state index is 6.62. The fourth-order valence-corrected chi connectivity index (χ4v) is 5.00. The van der Waals surface area contributed by atoms with Crippen molar-refractivity contribution in [2.45, 2.75) is 27.2 Å². The summed E-state index contributed by atoms with van der Waals surface area (Å²) in [5.41, 5.74) is 5.92. The summed E-state index contributed by atoms with van der Waals surface area (Å²) in [6.07, 6.45) is 0.969. The van der Waals surface area contributed by atoms with E-state index in [-0.39, 0.29) is 0 Å². The summed E-state index contributed by atoms with van der Waals surface area (Å²) in [6.45, 7) is 6.35. The molecule has 0 aliphatic rings. The van der Waals surface area contributed by atoms with Crippen molar-refractivity contribution >= 4 is 13.7 Å².